The highest BCUT2D eigenvalue weighted by atomic mass is 32.2. The summed E-state index contributed by atoms with van der Waals surface area (Å²) in [4.78, 5) is 4.08. The van der Waals surface area contributed by atoms with Gasteiger partial charge in [0.05, 0.1) is 11.8 Å². The SMILES string of the molecule is CC(NS(=O)(=O)CCOc1ccc(N)cc1)c1nccs1. The second-order valence-corrected chi connectivity index (χ2v) is 7.25. The summed E-state index contributed by atoms with van der Waals surface area (Å²) in [5, 5.41) is 2.54. The molecule has 1 heterocycles. The van der Waals surface area contributed by atoms with Gasteiger partial charge in [0.15, 0.2) is 0 Å². The molecular weight excluding hydrogens is 310 g/mol. The number of hydrogen-bond acceptors (Lipinski definition) is 6. The first kappa shape index (κ1) is 15.7. The maximum Gasteiger partial charge on any atom is 0.215 e. The van der Waals surface area contributed by atoms with Gasteiger partial charge in [-0.25, -0.2) is 18.1 Å². The number of benzene rings is 1. The highest BCUT2D eigenvalue weighted by molar-refractivity contribution is 7.89. The molecule has 0 radical (unpaired) electrons. The molecule has 0 amide bonds. The van der Waals surface area contributed by atoms with Crippen molar-refractivity contribution in [2.24, 2.45) is 0 Å². The van der Waals surface area contributed by atoms with Crippen molar-refractivity contribution in [1.82, 2.24) is 9.71 Å². The summed E-state index contributed by atoms with van der Waals surface area (Å²) in [7, 11) is -3.42. The van der Waals surface area contributed by atoms with E-state index in [1.54, 1.807) is 37.4 Å². The third-order valence-electron chi connectivity index (χ3n) is 2.68. The average molecular weight is 327 g/mol. The fourth-order valence-corrected chi connectivity index (χ4v) is 3.45. The van der Waals surface area contributed by atoms with Crippen molar-refractivity contribution in [3.8, 4) is 5.75 Å². The number of anilines is 1. The van der Waals surface area contributed by atoms with Gasteiger partial charge in [-0.05, 0) is 31.2 Å². The molecule has 2 rings (SSSR count). The number of sulfonamides is 1. The van der Waals surface area contributed by atoms with Crippen LogP contribution in [0.1, 0.15) is 18.0 Å². The van der Waals surface area contributed by atoms with Gasteiger partial charge in [0.1, 0.15) is 17.4 Å². The number of ether oxygens (including phenoxy) is 1. The van der Waals surface area contributed by atoms with E-state index in [2.05, 4.69) is 9.71 Å². The third-order valence-corrected chi connectivity index (χ3v) is 5.05. The van der Waals surface area contributed by atoms with Gasteiger partial charge < -0.3 is 10.5 Å². The van der Waals surface area contributed by atoms with E-state index in [-0.39, 0.29) is 18.4 Å². The van der Waals surface area contributed by atoms with E-state index in [0.717, 1.165) is 5.01 Å². The van der Waals surface area contributed by atoms with Gasteiger partial charge in [-0.1, -0.05) is 0 Å². The summed E-state index contributed by atoms with van der Waals surface area (Å²) < 4.78 is 31.8. The first-order chi connectivity index (χ1) is 9.96. The largest absolute Gasteiger partial charge is 0.492 e. The monoisotopic (exact) mass is 327 g/mol. The molecule has 0 fully saturated rings. The Bertz CT molecular complexity index is 654. The Hall–Kier alpha value is -1.64. The number of thiazole rings is 1. The first-order valence-electron chi connectivity index (χ1n) is 6.34. The van der Waals surface area contributed by atoms with E-state index in [0.29, 0.717) is 11.4 Å². The summed E-state index contributed by atoms with van der Waals surface area (Å²) in [5.41, 5.74) is 6.19. The third kappa shape index (κ3) is 5.00. The van der Waals surface area contributed by atoms with Crippen LogP contribution in [0, 0.1) is 0 Å². The minimum Gasteiger partial charge on any atom is -0.492 e. The number of rotatable bonds is 7. The van der Waals surface area contributed by atoms with Crippen LogP contribution in [0.2, 0.25) is 0 Å². The molecule has 1 aromatic heterocycles. The summed E-state index contributed by atoms with van der Waals surface area (Å²) in [6.45, 7) is 1.83. The molecule has 0 saturated heterocycles. The molecule has 114 valence electrons. The van der Waals surface area contributed by atoms with Crippen LogP contribution in [0.15, 0.2) is 35.8 Å². The van der Waals surface area contributed by atoms with Crippen LogP contribution in [-0.4, -0.2) is 25.8 Å². The number of nitrogens with one attached hydrogen (secondary N) is 1. The van der Waals surface area contributed by atoms with E-state index in [9.17, 15) is 8.42 Å². The van der Waals surface area contributed by atoms with E-state index in [4.69, 9.17) is 10.5 Å². The Balaban J connectivity index is 1.82. The van der Waals surface area contributed by atoms with Gasteiger partial charge in [0.25, 0.3) is 0 Å². The molecular formula is C13H17N3O3S2. The number of aromatic nitrogens is 1. The zero-order valence-electron chi connectivity index (χ0n) is 11.5. The van der Waals surface area contributed by atoms with Gasteiger partial charge in [0.2, 0.25) is 10.0 Å². The second-order valence-electron chi connectivity index (χ2n) is 4.45. The molecule has 21 heavy (non-hydrogen) atoms. The minimum absolute atomic E-state index is 0.0733. The lowest BCUT2D eigenvalue weighted by atomic mass is 10.3. The van der Waals surface area contributed by atoms with Gasteiger partial charge in [-0.15, -0.1) is 11.3 Å². The molecule has 0 saturated carbocycles. The second kappa shape index (κ2) is 6.88. The highest BCUT2D eigenvalue weighted by Crippen LogP contribution is 2.16. The molecule has 0 bridgehead atoms. The molecule has 0 aliphatic carbocycles. The Morgan fingerprint density at radius 1 is 1.38 bits per heavy atom. The molecule has 0 aliphatic rings. The molecule has 3 N–H and O–H groups in total. The molecule has 1 aromatic carbocycles. The fourth-order valence-electron chi connectivity index (χ4n) is 1.66. The van der Waals surface area contributed by atoms with Crippen molar-refractivity contribution in [3.63, 3.8) is 0 Å². The van der Waals surface area contributed by atoms with Crippen LogP contribution in [-0.2, 0) is 10.0 Å². The molecule has 1 atom stereocenters. The number of nitrogens with zero attached hydrogens (tertiary/aromatic N) is 1. The van der Waals surface area contributed by atoms with Crippen molar-refractivity contribution < 1.29 is 13.2 Å². The zero-order chi connectivity index (χ0) is 15.3. The highest BCUT2D eigenvalue weighted by Gasteiger charge is 2.17. The van der Waals surface area contributed by atoms with Gasteiger partial charge >= 0.3 is 0 Å². The summed E-state index contributed by atoms with van der Waals surface area (Å²) in [5.74, 6) is 0.472. The van der Waals surface area contributed by atoms with Gasteiger partial charge in [-0.3, -0.25) is 0 Å². The Morgan fingerprint density at radius 2 is 2.10 bits per heavy atom. The lowest BCUT2D eigenvalue weighted by Crippen LogP contribution is -2.31. The molecule has 0 aliphatic heterocycles. The standard InChI is InChI=1S/C13H17N3O3S2/c1-10(13-15-6-8-20-13)16-21(17,18)9-7-19-12-4-2-11(14)3-5-12/h2-6,8,10,16H,7,9,14H2,1H3. The Kier molecular flexibility index (Phi) is 5.16. The van der Waals surface area contributed by atoms with Crippen molar-refractivity contribution in [3.05, 3.63) is 40.8 Å². The minimum atomic E-state index is -3.42. The zero-order valence-corrected chi connectivity index (χ0v) is 13.2. The molecule has 2 aromatic rings. The number of nitrogens with two attached hydrogens (primary N) is 1. The molecule has 0 spiro atoms. The maximum atomic E-state index is 11.9. The van der Waals surface area contributed by atoms with E-state index < -0.39 is 10.0 Å². The average Bonchev–Trinajstić information content (AvgIpc) is 2.94. The van der Waals surface area contributed by atoms with Crippen LogP contribution in [0.4, 0.5) is 5.69 Å². The lowest BCUT2D eigenvalue weighted by molar-refractivity contribution is 0.340. The molecule has 8 heteroatoms. The van der Waals surface area contributed by atoms with Crippen LogP contribution in [0.5, 0.6) is 5.75 Å². The van der Waals surface area contributed by atoms with Crippen LogP contribution >= 0.6 is 11.3 Å². The predicted octanol–water partition coefficient (Wildman–Crippen LogP) is 1.78. The van der Waals surface area contributed by atoms with Crippen molar-refractivity contribution in [2.75, 3.05) is 18.1 Å². The first-order valence-corrected chi connectivity index (χ1v) is 8.87. The van der Waals surface area contributed by atoms with E-state index in [1.807, 2.05) is 5.38 Å². The van der Waals surface area contributed by atoms with Crippen LogP contribution in [0.25, 0.3) is 0 Å². The smallest absolute Gasteiger partial charge is 0.215 e. The van der Waals surface area contributed by atoms with E-state index in [1.165, 1.54) is 11.3 Å². The number of hydrogen-bond donors (Lipinski definition) is 2. The van der Waals surface area contributed by atoms with Crippen molar-refractivity contribution in [1.29, 1.82) is 0 Å². The summed E-state index contributed by atoms with van der Waals surface area (Å²) >= 11 is 1.41. The van der Waals surface area contributed by atoms with Crippen LogP contribution in [0.3, 0.4) is 0 Å². The van der Waals surface area contributed by atoms with E-state index >= 15 is 0 Å². The summed E-state index contributed by atoms with van der Waals surface area (Å²) in [6, 6.07) is 6.46. The number of nitrogen functional groups attached to an aromatic ring is 1. The fraction of sp³-hybridized carbons (Fsp3) is 0.308. The topological polar surface area (TPSA) is 94.3 Å². The Morgan fingerprint density at radius 3 is 2.71 bits per heavy atom. The lowest BCUT2D eigenvalue weighted by Gasteiger charge is -2.12. The molecule has 6 nitrogen and oxygen atoms in total. The summed E-state index contributed by atoms with van der Waals surface area (Å²) in [6.07, 6.45) is 1.65. The molecule has 1 unspecified atom stereocenters. The predicted molar refractivity (Wildman–Crippen MR) is 83.8 cm³/mol. The van der Waals surface area contributed by atoms with Crippen molar-refractivity contribution >= 4 is 27.0 Å². The maximum absolute atomic E-state index is 11.9. The Labute approximate surface area is 128 Å². The van der Waals surface area contributed by atoms with Gasteiger partial charge in [0, 0.05) is 17.3 Å². The quantitative estimate of drug-likeness (QED) is 0.756. The normalized spacial score (nSPS) is 13.0. The van der Waals surface area contributed by atoms with Crippen LogP contribution < -0.4 is 15.2 Å². The van der Waals surface area contributed by atoms with Gasteiger partial charge in [-0.2, -0.15) is 0 Å². The van der Waals surface area contributed by atoms with Crippen molar-refractivity contribution in [2.45, 2.75) is 13.0 Å².